The summed E-state index contributed by atoms with van der Waals surface area (Å²) in [6.45, 7) is 14.9. The van der Waals surface area contributed by atoms with E-state index >= 15 is 0 Å². The first kappa shape index (κ1) is 16.0. The molecule has 0 aromatic heterocycles. The van der Waals surface area contributed by atoms with E-state index in [1.807, 2.05) is 0 Å². The van der Waals surface area contributed by atoms with Crippen LogP contribution in [0.2, 0.25) is 0 Å². The summed E-state index contributed by atoms with van der Waals surface area (Å²) >= 11 is 0. The van der Waals surface area contributed by atoms with E-state index in [1.54, 1.807) is 0 Å². The molecular formula is C17H29NO. The van der Waals surface area contributed by atoms with E-state index in [0.717, 1.165) is 25.3 Å². The third-order valence-electron chi connectivity index (χ3n) is 3.47. The zero-order valence-electron chi connectivity index (χ0n) is 13.3. The lowest BCUT2D eigenvalue weighted by atomic mass is 9.86. The fourth-order valence-corrected chi connectivity index (χ4v) is 2.08. The number of aryl methyl sites for hydroxylation is 1. The number of nitrogens with one attached hydrogen (secondary N) is 1. The topological polar surface area (TPSA) is 21.3 Å². The lowest BCUT2D eigenvalue weighted by Gasteiger charge is -2.22. The molecule has 0 aliphatic carbocycles. The second-order valence-corrected chi connectivity index (χ2v) is 6.20. The maximum Gasteiger partial charge on any atom is 0.122 e. The lowest BCUT2D eigenvalue weighted by molar-refractivity contribution is 0.260. The third kappa shape index (κ3) is 4.87. The van der Waals surface area contributed by atoms with Crippen LogP contribution in [0.3, 0.4) is 0 Å². The van der Waals surface area contributed by atoms with Gasteiger partial charge in [0.15, 0.2) is 0 Å². The van der Waals surface area contributed by atoms with Gasteiger partial charge in [0.2, 0.25) is 0 Å². The third-order valence-corrected chi connectivity index (χ3v) is 3.47. The normalized spacial score (nSPS) is 13.4. The number of likely N-dealkylation sites (N-methyl/N-ethyl adjacent to an activating group) is 1. The first-order chi connectivity index (χ1) is 8.88. The highest BCUT2D eigenvalue weighted by atomic mass is 16.5. The van der Waals surface area contributed by atoms with Crippen molar-refractivity contribution in [3.8, 4) is 5.75 Å². The van der Waals surface area contributed by atoms with Crippen LogP contribution in [0, 0.1) is 6.92 Å². The molecule has 108 valence electrons. The minimum atomic E-state index is 0.193. The molecular weight excluding hydrogens is 234 g/mol. The molecule has 0 saturated heterocycles. The van der Waals surface area contributed by atoms with Gasteiger partial charge in [0.1, 0.15) is 12.4 Å². The maximum absolute atomic E-state index is 5.95. The second kappa shape index (κ2) is 6.95. The Balaban J connectivity index is 2.70. The van der Waals surface area contributed by atoms with Gasteiger partial charge in [-0.1, -0.05) is 46.8 Å². The Morgan fingerprint density at radius 2 is 1.89 bits per heavy atom. The van der Waals surface area contributed by atoms with E-state index in [1.165, 1.54) is 11.1 Å². The highest BCUT2D eigenvalue weighted by Gasteiger charge is 2.15. The summed E-state index contributed by atoms with van der Waals surface area (Å²) in [6.07, 6.45) is 1.09. The highest BCUT2D eigenvalue weighted by molar-refractivity contribution is 5.38. The number of benzene rings is 1. The van der Waals surface area contributed by atoms with Crippen molar-refractivity contribution in [2.45, 2.75) is 59.4 Å². The van der Waals surface area contributed by atoms with Gasteiger partial charge in [-0.05, 0) is 42.5 Å². The largest absolute Gasteiger partial charge is 0.492 e. The molecule has 1 unspecified atom stereocenters. The Labute approximate surface area is 118 Å². The Kier molecular flexibility index (Phi) is 5.86. The van der Waals surface area contributed by atoms with Crippen molar-refractivity contribution in [1.29, 1.82) is 0 Å². The maximum atomic E-state index is 5.95. The molecule has 0 bridgehead atoms. The van der Waals surface area contributed by atoms with E-state index in [-0.39, 0.29) is 5.41 Å². The molecule has 1 aromatic carbocycles. The minimum absolute atomic E-state index is 0.193. The lowest BCUT2D eigenvalue weighted by Crippen LogP contribution is -2.33. The van der Waals surface area contributed by atoms with Crippen molar-refractivity contribution < 1.29 is 4.74 Å². The van der Waals surface area contributed by atoms with Gasteiger partial charge < -0.3 is 10.1 Å². The molecule has 0 heterocycles. The van der Waals surface area contributed by atoms with Crippen molar-refractivity contribution >= 4 is 0 Å². The number of hydrogen-bond donors (Lipinski definition) is 1. The summed E-state index contributed by atoms with van der Waals surface area (Å²) in [4.78, 5) is 0. The summed E-state index contributed by atoms with van der Waals surface area (Å²) in [5.74, 6) is 1.00. The summed E-state index contributed by atoms with van der Waals surface area (Å²) in [6, 6.07) is 6.96. The van der Waals surface area contributed by atoms with E-state index < -0.39 is 0 Å². The van der Waals surface area contributed by atoms with Crippen LogP contribution in [-0.2, 0) is 5.41 Å². The molecule has 0 radical (unpaired) electrons. The predicted molar refractivity (Wildman–Crippen MR) is 83.1 cm³/mol. The molecule has 0 fully saturated rings. The van der Waals surface area contributed by atoms with Crippen LogP contribution in [0.1, 0.15) is 52.2 Å². The Morgan fingerprint density at radius 3 is 2.37 bits per heavy atom. The van der Waals surface area contributed by atoms with Crippen molar-refractivity contribution in [2.24, 2.45) is 0 Å². The molecule has 19 heavy (non-hydrogen) atoms. The summed E-state index contributed by atoms with van der Waals surface area (Å²) in [5, 5.41) is 3.43. The number of hydrogen-bond acceptors (Lipinski definition) is 2. The average Bonchev–Trinajstić information content (AvgIpc) is 2.34. The van der Waals surface area contributed by atoms with Crippen LogP contribution in [-0.4, -0.2) is 19.2 Å². The van der Waals surface area contributed by atoms with Gasteiger partial charge in [0.05, 0.1) is 0 Å². The summed E-state index contributed by atoms with van der Waals surface area (Å²) in [5.41, 5.74) is 2.77. The molecule has 0 saturated carbocycles. The van der Waals surface area contributed by atoms with Crippen LogP contribution in [0.5, 0.6) is 5.75 Å². The van der Waals surface area contributed by atoms with Gasteiger partial charge in [-0.2, -0.15) is 0 Å². The first-order valence-electron chi connectivity index (χ1n) is 7.35. The zero-order valence-corrected chi connectivity index (χ0v) is 13.3. The predicted octanol–water partition coefficient (Wildman–Crippen LogP) is 4.06. The van der Waals surface area contributed by atoms with Gasteiger partial charge >= 0.3 is 0 Å². The van der Waals surface area contributed by atoms with Crippen molar-refractivity contribution in [2.75, 3.05) is 13.2 Å². The van der Waals surface area contributed by atoms with Gasteiger partial charge in [-0.3, -0.25) is 0 Å². The second-order valence-electron chi connectivity index (χ2n) is 6.20. The van der Waals surface area contributed by atoms with E-state index in [9.17, 15) is 0 Å². The van der Waals surface area contributed by atoms with Gasteiger partial charge in [-0.15, -0.1) is 0 Å². The van der Waals surface area contributed by atoms with Crippen molar-refractivity contribution in [3.63, 3.8) is 0 Å². The van der Waals surface area contributed by atoms with Crippen LogP contribution in [0.4, 0.5) is 0 Å². The zero-order chi connectivity index (χ0) is 14.5. The minimum Gasteiger partial charge on any atom is -0.492 e. The number of rotatable bonds is 6. The number of ether oxygens (including phenoxy) is 1. The fourth-order valence-electron chi connectivity index (χ4n) is 2.08. The first-order valence-corrected chi connectivity index (χ1v) is 7.35. The van der Waals surface area contributed by atoms with E-state index in [2.05, 4.69) is 65.1 Å². The molecule has 0 aliphatic rings. The Morgan fingerprint density at radius 1 is 1.21 bits per heavy atom. The molecule has 1 atom stereocenters. The van der Waals surface area contributed by atoms with Gasteiger partial charge in [-0.25, -0.2) is 0 Å². The smallest absolute Gasteiger partial charge is 0.122 e. The highest BCUT2D eigenvalue weighted by Crippen LogP contribution is 2.27. The van der Waals surface area contributed by atoms with Crippen LogP contribution in [0.25, 0.3) is 0 Å². The molecule has 1 rings (SSSR count). The fraction of sp³-hybridized carbons (Fsp3) is 0.647. The van der Waals surface area contributed by atoms with Crippen LogP contribution >= 0.6 is 0 Å². The van der Waals surface area contributed by atoms with Crippen molar-refractivity contribution in [3.05, 3.63) is 29.3 Å². The SMILES string of the molecule is CCNC(CC)COc1ccc(C(C)(C)C)cc1C. The average molecular weight is 263 g/mol. The van der Waals surface area contributed by atoms with Crippen molar-refractivity contribution in [1.82, 2.24) is 5.32 Å². The molecule has 2 heteroatoms. The summed E-state index contributed by atoms with van der Waals surface area (Å²) in [7, 11) is 0. The standard InChI is InChI=1S/C17H29NO/c1-7-15(18-8-2)12-19-16-10-9-14(11-13(16)3)17(4,5)6/h9-11,15,18H,7-8,12H2,1-6H3. The van der Waals surface area contributed by atoms with Crippen LogP contribution < -0.4 is 10.1 Å². The Bertz CT molecular complexity index is 393. The molecule has 1 N–H and O–H groups in total. The van der Waals surface area contributed by atoms with E-state index in [4.69, 9.17) is 4.74 Å². The molecule has 0 aliphatic heterocycles. The molecule has 1 aromatic rings. The van der Waals surface area contributed by atoms with E-state index in [0.29, 0.717) is 6.04 Å². The quantitative estimate of drug-likeness (QED) is 0.835. The molecule has 0 spiro atoms. The van der Waals surface area contributed by atoms with Gasteiger partial charge in [0, 0.05) is 6.04 Å². The monoisotopic (exact) mass is 263 g/mol. The summed E-state index contributed by atoms with van der Waals surface area (Å²) < 4.78 is 5.95. The molecule has 0 amide bonds. The molecule has 2 nitrogen and oxygen atoms in total. The van der Waals surface area contributed by atoms with Gasteiger partial charge in [0.25, 0.3) is 0 Å². The Hall–Kier alpha value is -1.02. The van der Waals surface area contributed by atoms with Crippen LogP contribution in [0.15, 0.2) is 18.2 Å².